The van der Waals surface area contributed by atoms with Gasteiger partial charge in [0.25, 0.3) is 11.7 Å². The highest BCUT2D eigenvalue weighted by molar-refractivity contribution is 9.10. The molecule has 2 N–H and O–H groups in total. The number of carboxylic acid groups (broad SMARTS) is 1. The van der Waals surface area contributed by atoms with Gasteiger partial charge in [-0.1, -0.05) is 28.1 Å². The standard InChI is InChI=1S/C21H19BrN2O5/c1-12(23-15-7-9-16(29-2)10-8-15)18-19(13-3-5-14(22)6-4-13)24(11-17(25)26)21(28)20(18)27/h3-10,19,23H,11H2,1-2H3,(H,25,26)/b18-12-/t19-/m0/s1. The summed E-state index contributed by atoms with van der Waals surface area (Å²) in [5, 5.41) is 12.4. The summed E-state index contributed by atoms with van der Waals surface area (Å²) in [5.74, 6) is -2.03. The van der Waals surface area contributed by atoms with Gasteiger partial charge in [-0.15, -0.1) is 0 Å². The number of hydrogen-bond donors (Lipinski definition) is 2. The number of methoxy groups -OCH3 is 1. The molecule has 1 amide bonds. The van der Waals surface area contributed by atoms with E-state index in [4.69, 9.17) is 4.74 Å². The zero-order valence-corrected chi connectivity index (χ0v) is 17.4. The number of benzene rings is 2. The number of aliphatic carboxylic acids is 1. The molecule has 2 aromatic rings. The molecule has 150 valence electrons. The lowest BCUT2D eigenvalue weighted by atomic mass is 9.97. The van der Waals surface area contributed by atoms with Crippen LogP contribution in [0.15, 0.2) is 64.3 Å². The summed E-state index contributed by atoms with van der Waals surface area (Å²) in [7, 11) is 1.57. The van der Waals surface area contributed by atoms with Gasteiger partial charge in [0.1, 0.15) is 12.3 Å². The van der Waals surface area contributed by atoms with E-state index in [9.17, 15) is 19.5 Å². The molecule has 1 aliphatic heterocycles. The number of rotatable bonds is 6. The smallest absolute Gasteiger partial charge is 0.323 e. The van der Waals surface area contributed by atoms with Gasteiger partial charge in [-0.25, -0.2) is 0 Å². The minimum absolute atomic E-state index is 0.231. The molecule has 2 aromatic carbocycles. The lowest BCUT2D eigenvalue weighted by Gasteiger charge is -2.24. The third kappa shape index (κ3) is 4.32. The minimum Gasteiger partial charge on any atom is -0.497 e. The van der Waals surface area contributed by atoms with Gasteiger partial charge in [-0.05, 0) is 48.9 Å². The Balaban J connectivity index is 2.05. The van der Waals surface area contributed by atoms with E-state index in [1.165, 1.54) is 0 Å². The van der Waals surface area contributed by atoms with E-state index in [-0.39, 0.29) is 5.57 Å². The second kappa shape index (κ2) is 8.48. The summed E-state index contributed by atoms with van der Waals surface area (Å²) in [5.41, 5.74) is 2.07. The van der Waals surface area contributed by atoms with Crippen LogP contribution in [0, 0.1) is 0 Å². The monoisotopic (exact) mass is 458 g/mol. The van der Waals surface area contributed by atoms with E-state index in [1.54, 1.807) is 62.6 Å². The number of amides is 1. The van der Waals surface area contributed by atoms with Crippen LogP contribution in [-0.4, -0.2) is 41.3 Å². The number of carboxylic acids is 1. The average molecular weight is 459 g/mol. The molecule has 1 fully saturated rings. The van der Waals surface area contributed by atoms with Gasteiger partial charge in [0.05, 0.1) is 18.7 Å². The maximum absolute atomic E-state index is 12.8. The Bertz CT molecular complexity index is 983. The number of nitrogens with one attached hydrogen (secondary N) is 1. The summed E-state index contributed by atoms with van der Waals surface area (Å²) < 4.78 is 5.97. The minimum atomic E-state index is -1.18. The molecular formula is C21H19BrN2O5. The van der Waals surface area contributed by atoms with Crippen LogP contribution < -0.4 is 10.1 Å². The Morgan fingerprint density at radius 2 is 1.76 bits per heavy atom. The summed E-state index contributed by atoms with van der Waals surface area (Å²) in [6.07, 6.45) is 0. The molecule has 1 aliphatic rings. The van der Waals surface area contributed by atoms with Crippen molar-refractivity contribution in [2.75, 3.05) is 19.0 Å². The van der Waals surface area contributed by atoms with Crippen molar-refractivity contribution in [3.8, 4) is 5.75 Å². The van der Waals surface area contributed by atoms with Gasteiger partial charge in [-0.2, -0.15) is 0 Å². The number of Topliss-reactive ketones (excluding diaryl/α,β-unsaturated/α-hetero) is 1. The van der Waals surface area contributed by atoms with Gasteiger partial charge >= 0.3 is 5.97 Å². The van der Waals surface area contributed by atoms with Gasteiger partial charge in [0.2, 0.25) is 0 Å². The average Bonchev–Trinajstić information content (AvgIpc) is 2.94. The van der Waals surface area contributed by atoms with Crippen molar-refractivity contribution in [3.63, 3.8) is 0 Å². The first-order valence-electron chi connectivity index (χ1n) is 8.76. The SMILES string of the molecule is COc1ccc(N/C(C)=C2\C(=O)C(=O)N(CC(=O)O)[C@H]2c2ccc(Br)cc2)cc1. The molecule has 0 bridgehead atoms. The van der Waals surface area contributed by atoms with Crippen molar-refractivity contribution in [1.29, 1.82) is 0 Å². The van der Waals surface area contributed by atoms with Crippen molar-refractivity contribution < 1.29 is 24.2 Å². The Kier molecular flexibility index (Phi) is 6.03. The summed E-state index contributed by atoms with van der Waals surface area (Å²) in [4.78, 5) is 37.7. The molecule has 3 rings (SSSR count). The second-order valence-electron chi connectivity index (χ2n) is 6.50. The van der Waals surface area contributed by atoms with Crippen molar-refractivity contribution in [1.82, 2.24) is 4.90 Å². The highest BCUT2D eigenvalue weighted by Crippen LogP contribution is 2.38. The molecule has 29 heavy (non-hydrogen) atoms. The van der Waals surface area contributed by atoms with Crippen LogP contribution in [0.2, 0.25) is 0 Å². The number of likely N-dealkylation sites (tertiary alicyclic amines) is 1. The molecule has 0 spiro atoms. The normalized spacial score (nSPS) is 18.0. The van der Waals surface area contributed by atoms with Crippen molar-refractivity contribution >= 4 is 39.3 Å². The fourth-order valence-electron chi connectivity index (χ4n) is 3.28. The van der Waals surface area contributed by atoms with Crippen LogP contribution in [0.25, 0.3) is 0 Å². The van der Waals surface area contributed by atoms with Gasteiger partial charge < -0.3 is 20.1 Å². The molecule has 1 heterocycles. The van der Waals surface area contributed by atoms with E-state index >= 15 is 0 Å². The van der Waals surface area contributed by atoms with Crippen LogP contribution in [0.4, 0.5) is 5.69 Å². The summed E-state index contributed by atoms with van der Waals surface area (Å²) in [6.45, 7) is 1.13. The molecule has 1 atom stereocenters. The zero-order chi connectivity index (χ0) is 21.1. The first kappa shape index (κ1) is 20.6. The molecule has 0 aromatic heterocycles. The Labute approximate surface area is 176 Å². The fourth-order valence-corrected chi connectivity index (χ4v) is 3.54. The number of halogens is 1. The number of hydrogen-bond acceptors (Lipinski definition) is 5. The maximum atomic E-state index is 12.8. The Morgan fingerprint density at radius 1 is 1.14 bits per heavy atom. The number of ether oxygens (including phenoxy) is 1. The lowest BCUT2D eigenvalue weighted by molar-refractivity contribution is -0.146. The second-order valence-corrected chi connectivity index (χ2v) is 7.42. The topological polar surface area (TPSA) is 95.9 Å². The third-order valence-corrected chi connectivity index (χ3v) is 5.13. The summed E-state index contributed by atoms with van der Waals surface area (Å²) >= 11 is 3.36. The first-order chi connectivity index (χ1) is 13.8. The van der Waals surface area contributed by atoms with Crippen LogP contribution >= 0.6 is 15.9 Å². The number of carbonyl (C=O) groups is 3. The third-order valence-electron chi connectivity index (χ3n) is 4.60. The molecule has 0 saturated carbocycles. The number of allylic oxidation sites excluding steroid dienone is 1. The Hall–Kier alpha value is -3.13. The highest BCUT2D eigenvalue weighted by atomic mass is 79.9. The number of carbonyl (C=O) groups excluding carboxylic acids is 2. The van der Waals surface area contributed by atoms with E-state index in [0.29, 0.717) is 22.7 Å². The number of anilines is 1. The molecular weight excluding hydrogens is 440 g/mol. The summed E-state index contributed by atoms with van der Waals surface area (Å²) in [6, 6.07) is 13.4. The molecule has 7 nitrogen and oxygen atoms in total. The van der Waals surface area contributed by atoms with Crippen LogP contribution in [0.3, 0.4) is 0 Å². The van der Waals surface area contributed by atoms with Crippen molar-refractivity contribution in [2.45, 2.75) is 13.0 Å². The van der Waals surface area contributed by atoms with E-state index in [0.717, 1.165) is 9.37 Å². The molecule has 0 radical (unpaired) electrons. The van der Waals surface area contributed by atoms with Crippen LogP contribution in [-0.2, 0) is 14.4 Å². The van der Waals surface area contributed by atoms with Crippen molar-refractivity contribution in [3.05, 3.63) is 69.8 Å². The molecule has 1 saturated heterocycles. The first-order valence-corrected chi connectivity index (χ1v) is 9.55. The van der Waals surface area contributed by atoms with Crippen molar-refractivity contribution in [2.24, 2.45) is 0 Å². The predicted molar refractivity (Wildman–Crippen MR) is 111 cm³/mol. The van der Waals surface area contributed by atoms with Gasteiger partial charge in [0, 0.05) is 15.9 Å². The molecule has 0 aliphatic carbocycles. The number of ketones is 1. The van der Waals surface area contributed by atoms with Gasteiger partial charge in [0.15, 0.2) is 0 Å². The lowest BCUT2D eigenvalue weighted by Crippen LogP contribution is -2.34. The predicted octanol–water partition coefficient (Wildman–Crippen LogP) is 3.38. The maximum Gasteiger partial charge on any atom is 0.323 e. The van der Waals surface area contributed by atoms with Crippen LogP contribution in [0.1, 0.15) is 18.5 Å². The molecule has 0 unspecified atom stereocenters. The number of nitrogens with zero attached hydrogens (tertiary/aromatic N) is 1. The highest BCUT2D eigenvalue weighted by Gasteiger charge is 2.45. The Morgan fingerprint density at radius 3 is 2.31 bits per heavy atom. The van der Waals surface area contributed by atoms with Gasteiger partial charge in [-0.3, -0.25) is 14.4 Å². The zero-order valence-electron chi connectivity index (χ0n) is 15.8. The fraction of sp³-hybridized carbons (Fsp3) is 0.190. The largest absolute Gasteiger partial charge is 0.497 e. The molecule has 8 heteroatoms. The van der Waals surface area contributed by atoms with E-state index in [2.05, 4.69) is 21.2 Å². The quantitative estimate of drug-likeness (QED) is 0.508. The van der Waals surface area contributed by atoms with E-state index < -0.39 is 30.2 Å². The van der Waals surface area contributed by atoms with E-state index in [1.807, 2.05) is 0 Å². The van der Waals surface area contributed by atoms with Crippen LogP contribution in [0.5, 0.6) is 5.75 Å².